The molecule has 0 bridgehead atoms. The van der Waals surface area contributed by atoms with Crippen molar-refractivity contribution in [1.82, 2.24) is 19.1 Å². The molecule has 9 nitrogen and oxygen atoms in total. The summed E-state index contributed by atoms with van der Waals surface area (Å²) in [7, 11) is -1.86. The van der Waals surface area contributed by atoms with E-state index in [2.05, 4.69) is 56.0 Å². The number of anilines is 1. The van der Waals surface area contributed by atoms with Crippen molar-refractivity contribution < 1.29 is 17.9 Å². The van der Waals surface area contributed by atoms with Crippen molar-refractivity contribution in [2.45, 2.75) is 24.8 Å². The fourth-order valence-electron chi connectivity index (χ4n) is 5.49. The summed E-state index contributed by atoms with van der Waals surface area (Å²) in [6, 6.07) is 24.9. The normalized spacial score (nSPS) is 14.2. The number of piperazine rings is 1. The fourth-order valence-corrected chi connectivity index (χ4v) is 7.33. The predicted molar refractivity (Wildman–Crippen MR) is 180 cm³/mol. The van der Waals surface area contributed by atoms with E-state index in [9.17, 15) is 8.42 Å². The molecule has 0 saturated carbocycles. The molecule has 2 aromatic heterocycles. The van der Waals surface area contributed by atoms with E-state index in [0.717, 1.165) is 59.3 Å². The Hall–Kier alpha value is -3.77. The highest BCUT2D eigenvalue weighted by atomic mass is 79.9. The number of ether oxygens (including phenoxy) is 2. The molecule has 0 N–H and O–H groups in total. The molecule has 0 atom stereocenters. The van der Waals surface area contributed by atoms with Gasteiger partial charge in [-0.3, -0.25) is 0 Å². The summed E-state index contributed by atoms with van der Waals surface area (Å²) in [4.78, 5) is 9.19. The van der Waals surface area contributed by atoms with Gasteiger partial charge in [0, 0.05) is 43.5 Å². The van der Waals surface area contributed by atoms with Gasteiger partial charge in [-0.1, -0.05) is 54.6 Å². The van der Waals surface area contributed by atoms with Crippen LogP contribution in [-0.4, -0.2) is 73.9 Å². The lowest BCUT2D eigenvalue weighted by atomic mass is 10.1. The molecule has 11 heteroatoms. The van der Waals surface area contributed by atoms with Gasteiger partial charge in [0.1, 0.15) is 21.6 Å². The second-order valence-corrected chi connectivity index (χ2v) is 13.7. The van der Waals surface area contributed by atoms with E-state index >= 15 is 0 Å². The van der Waals surface area contributed by atoms with Crippen molar-refractivity contribution in [1.29, 1.82) is 0 Å². The van der Waals surface area contributed by atoms with Gasteiger partial charge in [0.2, 0.25) is 0 Å². The minimum Gasteiger partial charge on any atom is -0.491 e. The molecule has 234 valence electrons. The van der Waals surface area contributed by atoms with E-state index in [0.29, 0.717) is 46.6 Å². The quantitative estimate of drug-likeness (QED) is 0.121. The zero-order chi connectivity index (χ0) is 31.4. The first-order chi connectivity index (χ1) is 21.8. The lowest BCUT2D eigenvalue weighted by molar-refractivity contribution is 0.107. The van der Waals surface area contributed by atoms with Crippen LogP contribution in [0.4, 0.5) is 5.69 Å². The van der Waals surface area contributed by atoms with Crippen LogP contribution < -0.4 is 9.64 Å². The Morgan fingerprint density at radius 2 is 1.67 bits per heavy atom. The van der Waals surface area contributed by atoms with Gasteiger partial charge in [0.25, 0.3) is 10.0 Å². The van der Waals surface area contributed by atoms with Crippen molar-refractivity contribution in [2.24, 2.45) is 0 Å². The standard InChI is InChI=1S/C34H36BrN5O4S/c1-25-9-6-7-12-32(25)45(41,42)40-30-23-36-33(35)22-28(30)34(37-40)27-13-14-29(39-17-15-38(2)16-18-39)31(21-27)44-20-8-19-43-24-26-10-4-3-5-11-26/h3-7,9-14,21-23H,8,15-20,24H2,1-2H3. The molecule has 0 spiro atoms. The number of pyridine rings is 1. The minimum absolute atomic E-state index is 0.202. The van der Waals surface area contributed by atoms with Gasteiger partial charge < -0.3 is 19.3 Å². The van der Waals surface area contributed by atoms with Gasteiger partial charge in [0.05, 0.1) is 36.6 Å². The topological polar surface area (TPSA) is 89.8 Å². The van der Waals surface area contributed by atoms with Gasteiger partial charge in [-0.25, -0.2) is 4.98 Å². The Morgan fingerprint density at radius 1 is 0.911 bits per heavy atom. The van der Waals surface area contributed by atoms with Gasteiger partial charge >= 0.3 is 0 Å². The Labute approximate surface area is 272 Å². The molecule has 3 aromatic carbocycles. The first-order valence-electron chi connectivity index (χ1n) is 15.0. The number of nitrogens with zero attached hydrogens (tertiary/aromatic N) is 5. The summed E-state index contributed by atoms with van der Waals surface area (Å²) in [6.45, 7) is 7.09. The average Bonchev–Trinajstić information content (AvgIpc) is 3.43. The summed E-state index contributed by atoms with van der Waals surface area (Å²) in [5.41, 5.74) is 4.49. The maximum Gasteiger partial charge on any atom is 0.283 e. The Kier molecular flexibility index (Phi) is 9.50. The second-order valence-electron chi connectivity index (χ2n) is 11.2. The lowest BCUT2D eigenvalue weighted by Gasteiger charge is -2.35. The predicted octanol–water partition coefficient (Wildman–Crippen LogP) is 6.14. The number of likely N-dealkylation sites (N-methyl/N-ethyl adjacent to an activating group) is 1. The van der Waals surface area contributed by atoms with Gasteiger partial charge in [-0.05, 0) is 65.3 Å². The van der Waals surface area contributed by atoms with E-state index in [-0.39, 0.29) is 4.90 Å². The molecule has 0 amide bonds. The summed E-state index contributed by atoms with van der Waals surface area (Å²) in [5, 5.41) is 5.37. The van der Waals surface area contributed by atoms with E-state index < -0.39 is 10.0 Å². The van der Waals surface area contributed by atoms with Gasteiger partial charge in [-0.2, -0.15) is 17.6 Å². The number of hydrogen-bond acceptors (Lipinski definition) is 8. The molecule has 0 radical (unpaired) electrons. The largest absolute Gasteiger partial charge is 0.491 e. The van der Waals surface area contributed by atoms with Gasteiger partial charge in [-0.15, -0.1) is 0 Å². The highest BCUT2D eigenvalue weighted by molar-refractivity contribution is 9.10. The van der Waals surface area contributed by atoms with E-state index in [1.807, 2.05) is 36.4 Å². The first-order valence-corrected chi connectivity index (χ1v) is 17.2. The Morgan fingerprint density at radius 3 is 2.44 bits per heavy atom. The van der Waals surface area contributed by atoms with Crippen molar-refractivity contribution in [2.75, 3.05) is 51.3 Å². The van der Waals surface area contributed by atoms with Crippen LogP contribution in [0.3, 0.4) is 0 Å². The number of hydrogen-bond donors (Lipinski definition) is 0. The van der Waals surface area contributed by atoms with E-state index in [1.54, 1.807) is 31.2 Å². The second kappa shape index (κ2) is 13.7. The monoisotopic (exact) mass is 689 g/mol. The first kappa shape index (κ1) is 31.2. The van der Waals surface area contributed by atoms with Crippen molar-refractivity contribution >= 4 is 42.5 Å². The molecule has 45 heavy (non-hydrogen) atoms. The van der Waals surface area contributed by atoms with Gasteiger partial charge in [0.15, 0.2) is 0 Å². The van der Waals surface area contributed by atoms with Crippen molar-refractivity contribution in [3.05, 3.63) is 101 Å². The Balaban J connectivity index is 1.32. The lowest BCUT2D eigenvalue weighted by Crippen LogP contribution is -2.44. The molecule has 1 saturated heterocycles. The van der Waals surface area contributed by atoms with Crippen molar-refractivity contribution in [3.8, 4) is 17.0 Å². The number of rotatable bonds is 11. The molecule has 1 fully saturated rings. The van der Waals surface area contributed by atoms with Crippen LogP contribution in [0, 0.1) is 6.92 Å². The summed E-state index contributed by atoms with van der Waals surface area (Å²) in [6.07, 6.45) is 2.27. The van der Waals surface area contributed by atoms with Crippen LogP contribution in [0.15, 0.2) is 94.6 Å². The molecule has 6 rings (SSSR count). The number of aryl methyl sites for hydroxylation is 1. The Bertz CT molecular complexity index is 1890. The number of aromatic nitrogens is 3. The molecule has 5 aromatic rings. The summed E-state index contributed by atoms with van der Waals surface area (Å²) < 4.78 is 41.7. The minimum atomic E-state index is -3.99. The molecule has 1 aliphatic rings. The molecule has 0 aliphatic carbocycles. The molecular weight excluding hydrogens is 654 g/mol. The van der Waals surface area contributed by atoms with Crippen LogP contribution in [0.25, 0.3) is 22.2 Å². The van der Waals surface area contributed by atoms with Crippen molar-refractivity contribution in [3.63, 3.8) is 0 Å². The highest BCUT2D eigenvalue weighted by Gasteiger charge is 2.26. The maximum atomic E-state index is 13.9. The molecular formula is C34H36BrN5O4S. The maximum absolute atomic E-state index is 13.9. The third kappa shape index (κ3) is 6.91. The third-order valence-electron chi connectivity index (χ3n) is 7.98. The SMILES string of the molecule is Cc1ccccc1S(=O)(=O)n1nc(-c2ccc(N3CCN(C)CC3)c(OCCCOCc3ccccc3)c2)c2cc(Br)ncc21. The summed E-state index contributed by atoms with van der Waals surface area (Å²) >= 11 is 3.46. The van der Waals surface area contributed by atoms with Crippen LogP contribution in [0.1, 0.15) is 17.5 Å². The average molecular weight is 691 g/mol. The van der Waals surface area contributed by atoms with Crippen LogP contribution >= 0.6 is 15.9 Å². The smallest absolute Gasteiger partial charge is 0.283 e. The number of halogens is 1. The summed E-state index contributed by atoms with van der Waals surface area (Å²) in [5.74, 6) is 0.734. The van der Waals surface area contributed by atoms with Crippen LogP contribution in [0.2, 0.25) is 0 Å². The fraction of sp³-hybridized carbons (Fsp3) is 0.294. The zero-order valence-corrected chi connectivity index (χ0v) is 27.8. The van der Waals surface area contributed by atoms with Crippen LogP contribution in [-0.2, 0) is 21.4 Å². The zero-order valence-electron chi connectivity index (χ0n) is 25.4. The molecule has 0 unspecified atom stereocenters. The third-order valence-corrected chi connectivity index (χ3v) is 10.2. The highest BCUT2D eigenvalue weighted by Crippen LogP contribution is 2.37. The molecule has 3 heterocycles. The molecule has 1 aliphatic heterocycles. The van der Waals surface area contributed by atoms with E-state index in [1.165, 1.54) is 6.20 Å². The number of fused-ring (bicyclic) bond motifs is 1. The van der Waals surface area contributed by atoms with E-state index in [4.69, 9.17) is 14.6 Å². The van der Waals surface area contributed by atoms with Crippen LogP contribution in [0.5, 0.6) is 5.75 Å². The number of benzene rings is 3.